The molecule has 0 spiro atoms. The molecule has 1 unspecified atom stereocenters. The van der Waals surface area contributed by atoms with Crippen LogP contribution in [-0.4, -0.2) is 4.98 Å². The summed E-state index contributed by atoms with van der Waals surface area (Å²) in [4.78, 5) is 4.70. The van der Waals surface area contributed by atoms with E-state index in [1.165, 1.54) is 0 Å². The molecule has 0 bridgehead atoms. The Hall–Kier alpha value is -0.710. The lowest BCUT2D eigenvalue weighted by atomic mass is 9.93. The van der Waals surface area contributed by atoms with Gasteiger partial charge in [-0.3, -0.25) is 0 Å². The molecule has 19 heavy (non-hydrogen) atoms. The van der Waals surface area contributed by atoms with Crippen LogP contribution in [0.25, 0.3) is 0 Å². The van der Waals surface area contributed by atoms with Gasteiger partial charge in [0.1, 0.15) is 0 Å². The van der Waals surface area contributed by atoms with Gasteiger partial charge in [0.2, 0.25) is 0 Å². The number of thiazole rings is 1. The average Bonchev–Trinajstić information content (AvgIpc) is 2.77. The first-order valence-electron chi connectivity index (χ1n) is 6.33. The van der Waals surface area contributed by atoms with Gasteiger partial charge in [-0.1, -0.05) is 54.9 Å². The van der Waals surface area contributed by atoms with Crippen molar-refractivity contribution < 1.29 is 0 Å². The first kappa shape index (κ1) is 14.7. The fourth-order valence-corrected chi connectivity index (χ4v) is 3.48. The van der Waals surface area contributed by atoms with E-state index in [1.807, 2.05) is 18.2 Å². The molecular formula is C15H19BrN2S. The lowest BCUT2D eigenvalue weighted by molar-refractivity contribution is 0.569. The summed E-state index contributed by atoms with van der Waals surface area (Å²) >= 11 is 5.25. The van der Waals surface area contributed by atoms with Crippen LogP contribution in [0.15, 0.2) is 34.1 Å². The van der Waals surface area contributed by atoms with Gasteiger partial charge in [-0.15, -0.1) is 11.3 Å². The van der Waals surface area contributed by atoms with Crippen molar-refractivity contribution in [1.29, 1.82) is 0 Å². The molecule has 2 rings (SSSR count). The minimum absolute atomic E-state index is 0.0189. The molecule has 1 aromatic carbocycles. The molecule has 102 valence electrons. The molecule has 0 amide bonds. The highest BCUT2D eigenvalue weighted by atomic mass is 79.9. The maximum absolute atomic E-state index is 6.28. The highest BCUT2D eigenvalue weighted by Crippen LogP contribution is 2.28. The molecule has 0 aliphatic rings. The minimum atomic E-state index is -0.0189. The monoisotopic (exact) mass is 338 g/mol. The van der Waals surface area contributed by atoms with Gasteiger partial charge in [0.15, 0.2) is 0 Å². The van der Waals surface area contributed by atoms with E-state index in [9.17, 15) is 0 Å². The molecule has 2 N–H and O–H groups in total. The summed E-state index contributed by atoms with van der Waals surface area (Å²) in [5, 5.41) is 3.25. The molecule has 1 heterocycles. The summed E-state index contributed by atoms with van der Waals surface area (Å²) in [5.41, 5.74) is 8.67. The lowest BCUT2D eigenvalue weighted by Crippen LogP contribution is -2.15. The van der Waals surface area contributed by atoms with E-state index >= 15 is 0 Å². The largest absolute Gasteiger partial charge is 0.324 e. The standard InChI is InChI=1S/C15H19BrN2S/c1-15(2,3)13-9-19-14(18-13)8-12(17)10-6-4-5-7-11(10)16/h4-7,9,12H,8,17H2,1-3H3. The molecule has 1 aromatic heterocycles. The van der Waals surface area contributed by atoms with Gasteiger partial charge in [0.25, 0.3) is 0 Å². The predicted molar refractivity (Wildman–Crippen MR) is 85.6 cm³/mol. The van der Waals surface area contributed by atoms with Crippen molar-refractivity contribution in [3.8, 4) is 0 Å². The maximum atomic E-state index is 6.28. The fraction of sp³-hybridized carbons (Fsp3) is 0.400. The second-order valence-electron chi connectivity index (χ2n) is 5.71. The van der Waals surface area contributed by atoms with E-state index in [-0.39, 0.29) is 11.5 Å². The van der Waals surface area contributed by atoms with Gasteiger partial charge >= 0.3 is 0 Å². The minimum Gasteiger partial charge on any atom is -0.324 e. The number of halogens is 1. The zero-order valence-electron chi connectivity index (χ0n) is 11.5. The molecule has 0 fully saturated rings. The van der Waals surface area contributed by atoms with Crippen molar-refractivity contribution in [3.05, 3.63) is 50.4 Å². The molecule has 2 aromatic rings. The van der Waals surface area contributed by atoms with E-state index < -0.39 is 0 Å². The van der Waals surface area contributed by atoms with Crippen molar-refractivity contribution in [1.82, 2.24) is 4.98 Å². The number of hydrogen-bond acceptors (Lipinski definition) is 3. The summed E-state index contributed by atoms with van der Waals surface area (Å²) < 4.78 is 1.06. The number of nitrogens with zero attached hydrogens (tertiary/aromatic N) is 1. The van der Waals surface area contributed by atoms with Crippen LogP contribution < -0.4 is 5.73 Å². The van der Waals surface area contributed by atoms with E-state index in [0.717, 1.165) is 27.2 Å². The van der Waals surface area contributed by atoms with Crippen molar-refractivity contribution in [2.45, 2.75) is 38.6 Å². The van der Waals surface area contributed by atoms with E-state index in [1.54, 1.807) is 11.3 Å². The fourth-order valence-electron chi connectivity index (χ4n) is 1.82. The van der Waals surface area contributed by atoms with Crippen LogP contribution in [0.5, 0.6) is 0 Å². The summed E-state index contributed by atoms with van der Waals surface area (Å²) in [7, 11) is 0. The summed E-state index contributed by atoms with van der Waals surface area (Å²) in [6.07, 6.45) is 0.781. The predicted octanol–water partition coefficient (Wildman–Crippen LogP) is 4.45. The SMILES string of the molecule is CC(C)(C)c1csc(CC(N)c2ccccc2Br)n1. The Morgan fingerprint density at radius 2 is 2.00 bits per heavy atom. The van der Waals surface area contributed by atoms with Crippen molar-refractivity contribution in [2.75, 3.05) is 0 Å². The van der Waals surface area contributed by atoms with Crippen LogP contribution in [0, 0.1) is 0 Å². The molecule has 0 saturated carbocycles. The molecular weight excluding hydrogens is 320 g/mol. The van der Waals surface area contributed by atoms with Crippen LogP contribution in [0.3, 0.4) is 0 Å². The zero-order chi connectivity index (χ0) is 14.0. The van der Waals surface area contributed by atoms with Gasteiger partial charge < -0.3 is 5.73 Å². The van der Waals surface area contributed by atoms with E-state index in [2.05, 4.69) is 48.1 Å². The molecule has 0 radical (unpaired) electrons. The van der Waals surface area contributed by atoms with Gasteiger partial charge in [-0.25, -0.2) is 4.98 Å². The number of hydrogen-bond donors (Lipinski definition) is 1. The maximum Gasteiger partial charge on any atom is 0.0947 e. The Bertz CT molecular complexity index is 557. The van der Waals surface area contributed by atoms with Gasteiger partial charge in [0.05, 0.1) is 10.7 Å². The molecule has 1 atom stereocenters. The number of aromatic nitrogens is 1. The Morgan fingerprint density at radius 3 is 2.58 bits per heavy atom. The molecule has 0 aliphatic carbocycles. The summed E-state index contributed by atoms with van der Waals surface area (Å²) in [5.74, 6) is 0. The Labute approximate surface area is 127 Å². The highest BCUT2D eigenvalue weighted by Gasteiger charge is 2.19. The van der Waals surface area contributed by atoms with Gasteiger partial charge in [0, 0.05) is 27.7 Å². The molecule has 0 aliphatic heterocycles. The molecule has 2 nitrogen and oxygen atoms in total. The normalized spacial score (nSPS) is 13.5. The van der Waals surface area contributed by atoms with Crippen LogP contribution >= 0.6 is 27.3 Å². The second-order valence-corrected chi connectivity index (χ2v) is 7.51. The van der Waals surface area contributed by atoms with Crippen LogP contribution in [0.2, 0.25) is 0 Å². The quantitative estimate of drug-likeness (QED) is 0.897. The van der Waals surface area contributed by atoms with Crippen LogP contribution in [-0.2, 0) is 11.8 Å². The van der Waals surface area contributed by atoms with Crippen LogP contribution in [0.1, 0.15) is 43.1 Å². The Morgan fingerprint density at radius 1 is 1.32 bits per heavy atom. The van der Waals surface area contributed by atoms with Crippen molar-refractivity contribution >= 4 is 27.3 Å². The van der Waals surface area contributed by atoms with Gasteiger partial charge in [-0.05, 0) is 11.6 Å². The average molecular weight is 339 g/mol. The third kappa shape index (κ3) is 3.65. The van der Waals surface area contributed by atoms with E-state index in [4.69, 9.17) is 10.7 Å². The second kappa shape index (κ2) is 5.73. The first-order chi connectivity index (χ1) is 8.88. The van der Waals surface area contributed by atoms with E-state index in [0.29, 0.717) is 0 Å². The Kier molecular flexibility index (Phi) is 4.43. The van der Waals surface area contributed by atoms with Crippen molar-refractivity contribution in [3.63, 3.8) is 0 Å². The summed E-state index contributed by atoms with van der Waals surface area (Å²) in [6.45, 7) is 6.54. The topological polar surface area (TPSA) is 38.9 Å². The number of nitrogens with two attached hydrogens (primary N) is 1. The van der Waals surface area contributed by atoms with Crippen LogP contribution in [0.4, 0.5) is 0 Å². The smallest absolute Gasteiger partial charge is 0.0947 e. The Balaban J connectivity index is 2.14. The lowest BCUT2D eigenvalue weighted by Gasteiger charge is -2.15. The number of benzene rings is 1. The van der Waals surface area contributed by atoms with Gasteiger partial charge in [-0.2, -0.15) is 0 Å². The summed E-state index contributed by atoms with van der Waals surface area (Å²) in [6, 6.07) is 8.09. The molecule has 4 heteroatoms. The zero-order valence-corrected chi connectivity index (χ0v) is 13.9. The molecule has 0 saturated heterocycles. The number of rotatable bonds is 3. The first-order valence-corrected chi connectivity index (χ1v) is 8.00. The highest BCUT2D eigenvalue weighted by molar-refractivity contribution is 9.10. The third-order valence-corrected chi connectivity index (χ3v) is 4.61. The van der Waals surface area contributed by atoms with Crippen molar-refractivity contribution in [2.24, 2.45) is 5.73 Å². The third-order valence-electron chi connectivity index (χ3n) is 3.02.